The number of hydrogen-bond acceptors (Lipinski definition) is 5. The maximum atomic E-state index is 8.84. The van der Waals surface area contributed by atoms with Gasteiger partial charge in [0, 0.05) is 4.47 Å². The van der Waals surface area contributed by atoms with Crippen molar-refractivity contribution in [3.8, 4) is 11.8 Å². The van der Waals surface area contributed by atoms with E-state index in [1.165, 1.54) is 11.5 Å². The van der Waals surface area contributed by atoms with Gasteiger partial charge in [0.1, 0.15) is 18.4 Å². The van der Waals surface area contributed by atoms with Crippen LogP contribution >= 0.6 is 27.5 Å². The first-order valence-corrected chi connectivity index (χ1v) is 5.95. The zero-order chi connectivity index (χ0) is 11.4. The van der Waals surface area contributed by atoms with Crippen molar-refractivity contribution in [1.82, 2.24) is 9.59 Å². The molecule has 0 radical (unpaired) electrons. The van der Waals surface area contributed by atoms with Crippen molar-refractivity contribution in [3.63, 3.8) is 0 Å². The van der Waals surface area contributed by atoms with Crippen LogP contribution in [0, 0.1) is 11.3 Å². The minimum absolute atomic E-state index is 0.421. The van der Waals surface area contributed by atoms with Gasteiger partial charge in [-0.2, -0.15) is 5.26 Å². The summed E-state index contributed by atoms with van der Waals surface area (Å²) < 4.78 is 10.0. The van der Waals surface area contributed by atoms with Crippen LogP contribution in [0.5, 0.6) is 5.75 Å². The maximum absolute atomic E-state index is 8.84. The smallest absolute Gasteiger partial charge is 0.126 e. The number of rotatable bonds is 3. The Morgan fingerprint density at radius 3 is 3.06 bits per heavy atom. The predicted octanol–water partition coefficient (Wildman–Crippen LogP) is 2.75. The van der Waals surface area contributed by atoms with Crippen molar-refractivity contribution in [2.45, 2.75) is 6.61 Å². The van der Waals surface area contributed by atoms with Gasteiger partial charge in [0.15, 0.2) is 0 Å². The standard InChI is InChI=1S/C10H6BrN3OS/c11-10-2-1-8(3-7(10)4-12)15-6-9-5-13-14-16-9/h1-3,5H,6H2. The molecule has 0 amide bonds. The van der Waals surface area contributed by atoms with Crippen molar-refractivity contribution < 1.29 is 4.74 Å². The number of aromatic nitrogens is 2. The molecule has 0 spiro atoms. The van der Waals surface area contributed by atoms with Crippen LogP contribution in [0.4, 0.5) is 0 Å². The second-order valence-electron chi connectivity index (χ2n) is 2.93. The molecular formula is C10H6BrN3OS. The Morgan fingerprint density at radius 2 is 2.38 bits per heavy atom. The molecule has 0 bridgehead atoms. The third kappa shape index (κ3) is 2.56. The van der Waals surface area contributed by atoms with Crippen molar-refractivity contribution in [1.29, 1.82) is 5.26 Å². The van der Waals surface area contributed by atoms with Crippen LogP contribution in [0.25, 0.3) is 0 Å². The van der Waals surface area contributed by atoms with Crippen molar-refractivity contribution in [3.05, 3.63) is 39.3 Å². The molecule has 1 heterocycles. The fourth-order valence-corrected chi connectivity index (χ4v) is 1.83. The number of halogens is 1. The monoisotopic (exact) mass is 295 g/mol. The summed E-state index contributed by atoms with van der Waals surface area (Å²) in [4.78, 5) is 0.946. The molecule has 1 aromatic heterocycles. The van der Waals surface area contributed by atoms with Crippen LogP contribution in [-0.2, 0) is 6.61 Å². The Hall–Kier alpha value is -1.45. The number of hydrogen-bond donors (Lipinski definition) is 0. The molecule has 0 N–H and O–H groups in total. The van der Waals surface area contributed by atoms with E-state index in [9.17, 15) is 0 Å². The minimum Gasteiger partial charge on any atom is -0.488 e. The van der Waals surface area contributed by atoms with E-state index in [0.29, 0.717) is 17.9 Å². The summed E-state index contributed by atoms with van der Waals surface area (Å²) in [6, 6.07) is 7.37. The van der Waals surface area contributed by atoms with Crippen LogP contribution in [0.1, 0.15) is 10.4 Å². The van der Waals surface area contributed by atoms with Gasteiger partial charge in [-0.05, 0) is 45.7 Å². The Labute approximate surface area is 105 Å². The van der Waals surface area contributed by atoms with E-state index in [1.54, 1.807) is 24.4 Å². The Kier molecular flexibility index (Phi) is 3.49. The van der Waals surface area contributed by atoms with Gasteiger partial charge >= 0.3 is 0 Å². The van der Waals surface area contributed by atoms with E-state index in [-0.39, 0.29) is 0 Å². The van der Waals surface area contributed by atoms with Gasteiger partial charge in [-0.25, -0.2) is 0 Å². The highest BCUT2D eigenvalue weighted by molar-refractivity contribution is 9.10. The van der Waals surface area contributed by atoms with Gasteiger partial charge in [-0.3, -0.25) is 0 Å². The Morgan fingerprint density at radius 1 is 1.50 bits per heavy atom. The lowest BCUT2D eigenvalue weighted by Gasteiger charge is -2.04. The fourth-order valence-electron chi connectivity index (χ4n) is 1.09. The highest BCUT2D eigenvalue weighted by Gasteiger charge is 2.02. The van der Waals surface area contributed by atoms with Crippen LogP contribution in [-0.4, -0.2) is 9.59 Å². The molecule has 0 fully saturated rings. The van der Waals surface area contributed by atoms with Gasteiger partial charge in [0.2, 0.25) is 0 Å². The van der Waals surface area contributed by atoms with Gasteiger partial charge < -0.3 is 4.74 Å². The first-order valence-electron chi connectivity index (χ1n) is 4.38. The number of nitrogens with zero attached hydrogens (tertiary/aromatic N) is 3. The molecule has 0 aliphatic rings. The normalized spacial score (nSPS) is 9.75. The molecule has 2 aromatic rings. The third-order valence-corrected chi connectivity index (χ3v) is 3.17. The summed E-state index contributed by atoms with van der Waals surface area (Å²) in [6.07, 6.45) is 1.66. The second kappa shape index (κ2) is 5.05. The van der Waals surface area contributed by atoms with Gasteiger partial charge in [0.05, 0.1) is 16.6 Å². The lowest BCUT2D eigenvalue weighted by molar-refractivity contribution is 0.309. The average molecular weight is 296 g/mol. The molecule has 0 aliphatic heterocycles. The third-order valence-electron chi connectivity index (χ3n) is 1.85. The molecule has 0 atom stereocenters. The van der Waals surface area contributed by atoms with Crippen molar-refractivity contribution in [2.24, 2.45) is 0 Å². The second-order valence-corrected chi connectivity index (χ2v) is 4.65. The molecule has 16 heavy (non-hydrogen) atoms. The highest BCUT2D eigenvalue weighted by Crippen LogP contribution is 2.22. The summed E-state index contributed by atoms with van der Waals surface area (Å²) >= 11 is 4.58. The van der Waals surface area contributed by atoms with Gasteiger partial charge in [-0.1, -0.05) is 4.49 Å². The first kappa shape index (κ1) is 11.0. The molecular weight excluding hydrogens is 290 g/mol. The zero-order valence-electron chi connectivity index (χ0n) is 8.05. The first-order chi connectivity index (χ1) is 7.79. The summed E-state index contributed by atoms with van der Waals surface area (Å²) in [6.45, 7) is 0.421. The summed E-state index contributed by atoms with van der Waals surface area (Å²) in [5, 5.41) is 12.6. The lowest BCUT2D eigenvalue weighted by Crippen LogP contribution is -1.93. The molecule has 0 unspecified atom stereocenters. The van der Waals surface area contributed by atoms with Crippen LogP contribution in [0.3, 0.4) is 0 Å². The summed E-state index contributed by atoms with van der Waals surface area (Å²) in [5.41, 5.74) is 0.555. The number of ether oxygens (including phenoxy) is 1. The predicted molar refractivity (Wildman–Crippen MR) is 63.1 cm³/mol. The quantitative estimate of drug-likeness (QED) is 0.874. The maximum Gasteiger partial charge on any atom is 0.126 e. The van der Waals surface area contributed by atoms with E-state index in [2.05, 4.69) is 31.6 Å². The largest absolute Gasteiger partial charge is 0.488 e. The summed E-state index contributed by atoms with van der Waals surface area (Å²) in [7, 11) is 0. The van der Waals surface area contributed by atoms with E-state index < -0.39 is 0 Å². The molecule has 4 nitrogen and oxygen atoms in total. The molecule has 0 saturated heterocycles. The Balaban J connectivity index is 2.08. The van der Waals surface area contributed by atoms with Gasteiger partial charge in [0.25, 0.3) is 0 Å². The zero-order valence-corrected chi connectivity index (χ0v) is 10.5. The van der Waals surface area contributed by atoms with E-state index in [1.807, 2.05) is 0 Å². The lowest BCUT2D eigenvalue weighted by atomic mass is 10.2. The van der Waals surface area contributed by atoms with Crippen LogP contribution in [0.2, 0.25) is 0 Å². The number of benzene rings is 1. The molecule has 0 aliphatic carbocycles. The fraction of sp³-hybridized carbons (Fsp3) is 0.100. The van der Waals surface area contributed by atoms with E-state index in [0.717, 1.165) is 9.35 Å². The Bertz CT molecular complexity index is 521. The minimum atomic E-state index is 0.421. The molecule has 80 valence electrons. The number of nitriles is 1. The van der Waals surface area contributed by atoms with Crippen LogP contribution in [0.15, 0.2) is 28.9 Å². The topological polar surface area (TPSA) is 58.8 Å². The molecule has 6 heteroatoms. The van der Waals surface area contributed by atoms with E-state index >= 15 is 0 Å². The molecule has 2 rings (SSSR count). The molecule has 0 saturated carbocycles. The van der Waals surface area contributed by atoms with Crippen molar-refractivity contribution in [2.75, 3.05) is 0 Å². The van der Waals surface area contributed by atoms with E-state index in [4.69, 9.17) is 10.00 Å². The van der Waals surface area contributed by atoms with Crippen molar-refractivity contribution >= 4 is 27.5 Å². The SMILES string of the molecule is N#Cc1cc(OCc2cnns2)ccc1Br. The van der Waals surface area contributed by atoms with Gasteiger partial charge in [-0.15, -0.1) is 5.10 Å². The molecule has 1 aromatic carbocycles. The average Bonchev–Trinajstić information content (AvgIpc) is 2.81. The highest BCUT2D eigenvalue weighted by atomic mass is 79.9. The summed E-state index contributed by atoms with van der Waals surface area (Å²) in [5.74, 6) is 0.660. The van der Waals surface area contributed by atoms with Crippen LogP contribution < -0.4 is 4.74 Å².